The predicted octanol–water partition coefficient (Wildman–Crippen LogP) is 4.50. The van der Waals surface area contributed by atoms with Gasteiger partial charge >= 0.3 is 0 Å². The number of rotatable bonds is 8. The highest BCUT2D eigenvalue weighted by atomic mass is 32.2. The maximum absolute atomic E-state index is 12.5. The minimum absolute atomic E-state index is 0.0366. The summed E-state index contributed by atoms with van der Waals surface area (Å²) in [5, 5.41) is 0. The minimum atomic E-state index is -0.0366. The number of hydrogen-bond donors (Lipinski definition) is 0. The SMILES string of the molecule is COCCCN1C(=O)/C(=C/c2ccc(OCc3ccccc3)cc2)SC1=S. The highest BCUT2D eigenvalue weighted by Gasteiger charge is 2.31. The molecule has 4 nitrogen and oxygen atoms in total. The van der Waals surface area contributed by atoms with E-state index in [9.17, 15) is 4.79 Å². The van der Waals surface area contributed by atoms with Gasteiger partial charge in [-0.05, 0) is 35.8 Å². The van der Waals surface area contributed by atoms with Gasteiger partial charge in [-0.2, -0.15) is 0 Å². The van der Waals surface area contributed by atoms with Gasteiger partial charge in [-0.25, -0.2) is 0 Å². The van der Waals surface area contributed by atoms with Crippen LogP contribution < -0.4 is 4.74 Å². The lowest BCUT2D eigenvalue weighted by atomic mass is 10.2. The highest BCUT2D eigenvalue weighted by molar-refractivity contribution is 8.26. The summed E-state index contributed by atoms with van der Waals surface area (Å²) in [6.07, 6.45) is 2.64. The molecular weight excluding hydrogens is 378 g/mol. The second kappa shape index (κ2) is 9.69. The fourth-order valence-electron chi connectivity index (χ4n) is 2.61. The Morgan fingerprint density at radius 3 is 2.56 bits per heavy atom. The number of thiocarbonyl (C=S) groups is 1. The topological polar surface area (TPSA) is 38.8 Å². The van der Waals surface area contributed by atoms with Gasteiger partial charge in [-0.3, -0.25) is 9.69 Å². The van der Waals surface area contributed by atoms with Gasteiger partial charge in [0.15, 0.2) is 0 Å². The van der Waals surface area contributed by atoms with Crippen molar-refractivity contribution in [3.63, 3.8) is 0 Å². The third-order valence-electron chi connectivity index (χ3n) is 4.03. The average Bonchev–Trinajstić information content (AvgIpc) is 2.96. The zero-order chi connectivity index (χ0) is 19.1. The van der Waals surface area contributed by atoms with E-state index < -0.39 is 0 Å². The van der Waals surface area contributed by atoms with Crippen LogP contribution in [0.3, 0.4) is 0 Å². The molecule has 1 aliphatic rings. The van der Waals surface area contributed by atoms with Gasteiger partial charge in [0.05, 0.1) is 4.91 Å². The molecule has 0 bridgehead atoms. The molecule has 1 amide bonds. The number of benzene rings is 2. The summed E-state index contributed by atoms with van der Waals surface area (Å²) in [5.74, 6) is 0.758. The Morgan fingerprint density at radius 2 is 1.85 bits per heavy atom. The largest absolute Gasteiger partial charge is 0.489 e. The van der Waals surface area contributed by atoms with E-state index in [2.05, 4.69) is 0 Å². The van der Waals surface area contributed by atoms with Crippen molar-refractivity contribution in [2.24, 2.45) is 0 Å². The number of carbonyl (C=O) groups excluding carboxylic acids is 1. The first-order chi connectivity index (χ1) is 13.2. The van der Waals surface area contributed by atoms with Crippen LogP contribution in [0.25, 0.3) is 6.08 Å². The van der Waals surface area contributed by atoms with Crippen molar-refractivity contribution in [2.75, 3.05) is 20.3 Å². The molecule has 1 heterocycles. The van der Waals surface area contributed by atoms with E-state index in [4.69, 9.17) is 21.7 Å². The van der Waals surface area contributed by atoms with Crippen LogP contribution in [-0.4, -0.2) is 35.4 Å². The Balaban J connectivity index is 1.60. The minimum Gasteiger partial charge on any atom is -0.489 e. The maximum atomic E-state index is 12.5. The summed E-state index contributed by atoms with van der Waals surface area (Å²) in [4.78, 5) is 14.8. The van der Waals surface area contributed by atoms with Crippen molar-refractivity contribution < 1.29 is 14.3 Å². The third-order valence-corrected chi connectivity index (χ3v) is 5.41. The molecule has 6 heteroatoms. The van der Waals surface area contributed by atoms with E-state index in [1.165, 1.54) is 11.8 Å². The molecular formula is C21H21NO3S2. The molecule has 0 N–H and O–H groups in total. The molecule has 1 saturated heterocycles. The number of thioether (sulfide) groups is 1. The Morgan fingerprint density at radius 1 is 1.11 bits per heavy atom. The molecule has 0 radical (unpaired) electrons. The van der Waals surface area contributed by atoms with Crippen LogP contribution in [0.15, 0.2) is 59.5 Å². The summed E-state index contributed by atoms with van der Waals surface area (Å²) in [7, 11) is 1.65. The Kier molecular flexibility index (Phi) is 7.04. The smallest absolute Gasteiger partial charge is 0.266 e. The molecule has 0 atom stereocenters. The fourth-order valence-corrected chi connectivity index (χ4v) is 3.92. The molecule has 0 saturated carbocycles. The van der Waals surface area contributed by atoms with E-state index in [1.807, 2.05) is 60.7 Å². The van der Waals surface area contributed by atoms with Crippen LogP contribution in [0.5, 0.6) is 5.75 Å². The molecule has 0 spiro atoms. The standard InChI is InChI=1S/C21H21NO3S2/c1-24-13-5-12-22-20(23)19(27-21(22)26)14-16-8-10-18(11-9-16)25-15-17-6-3-2-4-7-17/h2-4,6-11,14H,5,12-13,15H2,1H3/b19-14-. The van der Waals surface area contributed by atoms with Crippen molar-refractivity contribution >= 4 is 40.3 Å². The highest BCUT2D eigenvalue weighted by Crippen LogP contribution is 2.32. The van der Waals surface area contributed by atoms with E-state index in [-0.39, 0.29) is 5.91 Å². The van der Waals surface area contributed by atoms with E-state index >= 15 is 0 Å². The summed E-state index contributed by atoms with van der Waals surface area (Å²) in [6.45, 7) is 1.73. The monoisotopic (exact) mass is 399 g/mol. The van der Waals surface area contributed by atoms with Crippen LogP contribution in [0.2, 0.25) is 0 Å². The van der Waals surface area contributed by atoms with Crippen molar-refractivity contribution in [1.82, 2.24) is 4.90 Å². The summed E-state index contributed by atoms with van der Waals surface area (Å²) in [6, 6.07) is 17.7. The van der Waals surface area contributed by atoms with Crippen LogP contribution >= 0.6 is 24.0 Å². The molecule has 0 aromatic heterocycles. The number of hydrogen-bond acceptors (Lipinski definition) is 5. The predicted molar refractivity (Wildman–Crippen MR) is 114 cm³/mol. The first kappa shape index (κ1) is 19.6. The van der Waals surface area contributed by atoms with E-state index in [0.717, 1.165) is 23.3 Å². The van der Waals surface area contributed by atoms with Crippen molar-refractivity contribution in [3.8, 4) is 5.75 Å². The molecule has 3 rings (SSSR count). The van der Waals surface area contributed by atoms with Crippen LogP contribution in [-0.2, 0) is 16.1 Å². The second-order valence-electron chi connectivity index (χ2n) is 6.02. The Labute approximate surface area is 169 Å². The van der Waals surface area contributed by atoms with Crippen molar-refractivity contribution in [3.05, 3.63) is 70.6 Å². The zero-order valence-electron chi connectivity index (χ0n) is 15.1. The van der Waals surface area contributed by atoms with Gasteiger partial charge in [0.25, 0.3) is 5.91 Å². The number of ether oxygens (including phenoxy) is 2. The van der Waals surface area contributed by atoms with Crippen molar-refractivity contribution in [1.29, 1.82) is 0 Å². The van der Waals surface area contributed by atoms with Crippen LogP contribution in [0, 0.1) is 0 Å². The van der Waals surface area contributed by atoms with Crippen LogP contribution in [0.1, 0.15) is 17.5 Å². The summed E-state index contributed by atoms with van der Waals surface area (Å²) < 4.78 is 11.4. The fraction of sp³-hybridized carbons (Fsp3) is 0.238. The van der Waals surface area contributed by atoms with Gasteiger partial charge in [-0.1, -0.05) is 66.4 Å². The molecule has 2 aromatic rings. The molecule has 140 valence electrons. The molecule has 1 aliphatic heterocycles. The van der Waals surface area contributed by atoms with Gasteiger partial charge in [0.2, 0.25) is 0 Å². The molecule has 0 unspecified atom stereocenters. The quantitative estimate of drug-likeness (QED) is 0.371. The van der Waals surface area contributed by atoms with Gasteiger partial charge in [-0.15, -0.1) is 0 Å². The first-order valence-corrected chi connectivity index (χ1v) is 9.91. The van der Waals surface area contributed by atoms with E-state index in [1.54, 1.807) is 12.0 Å². The number of methoxy groups -OCH3 is 1. The van der Waals surface area contributed by atoms with Gasteiger partial charge in [0.1, 0.15) is 16.7 Å². The Hall–Kier alpha value is -2.15. The number of carbonyl (C=O) groups is 1. The number of amides is 1. The summed E-state index contributed by atoms with van der Waals surface area (Å²) >= 11 is 6.67. The lowest BCUT2D eigenvalue weighted by Gasteiger charge is -2.13. The van der Waals surface area contributed by atoms with E-state index in [0.29, 0.717) is 29.0 Å². The molecule has 2 aromatic carbocycles. The Bertz CT molecular complexity index is 819. The zero-order valence-corrected chi connectivity index (χ0v) is 16.7. The van der Waals surface area contributed by atoms with Gasteiger partial charge in [0, 0.05) is 20.3 Å². The number of nitrogens with zero attached hydrogens (tertiary/aromatic N) is 1. The lowest BCUT2D eigenvalue weighted by molar-refractivity contribution is -0.122. The lowest BCUT2D eigenvalue weighted by Crippen LogP contribution is -2.29. The molecule has 0 aliphatic carbocycles. The average molecular weight is 400 g/mol. The van der Waals surface area contributed by atoms with Crippen molar-refractivity contribution in [2.45, 2.75) is 13.0 Å². The second-order valence-corrected chi connectivity index (χ2v) is 7.70. The molecule has 27 heavy (non-hydrogen) atoms. The summed E-state index contributed by atoms with van der Waals surface area (Å²) in [5.41, 5.74) is 2.07. The van der Waals surface area contributed by atoms with Crippen LogP contribution in [0.4, 0.5) is 0 Å². The first-order valence-electron chi connectivity index (χ1n) is 8.68. The van der Waals surface area contributed by atoms with Gasteiger partial charge < -0.3 is 9.47 Å². The molecule has 1 fully saturated rings. The normalized spacial score (nSPS) is 15.6. The maximum Gasteiger partial charge on any atom is 0.266 e. The third kappa shape index (κ3) is 5.42.